The maximum atomic E-state index is 13.5. The van der Waals surface area contributed by atoms with Gasteiger partial charge in [-0.3, -0.25) is 4.79 Å². The molecule has 1 unspecified atom stereocenters. The summed E-state index contributed by atoms with van der Waals surface area (Å²) in [5, 5.41) is 0. The third-order valence-corrected chi connectivity index (χ3v) is 5.37. The summed E-state index contributed by atoms with van der Waals surface area (Å²) >= 11 is 0. The van der Waals surface area contributed by atoms with E-state index in [1.54, 1.807) is 6.26 Å². The van der Waals surface area contributed by atoms with Gasteiger partial charge in [-0.25, -0.2) is 0 Å². The Labute approximate surface area is 154 Å². The lowest BCUT2D eigenvalue weighted by Crippen LogP contribution is -2.39. The van der Waals surface area contributed by atoms with Crippen molar-refractivity contribution in [3.63, 3.8) is 0 Å². The Hall–Kier alpha value is -2.27. The summed E-state index contributed by atoms with van der Waals surface area (Å²) in [7, 11) is 0. The Balaban J connectivity index is 1.65. The molecule has 4 rings (SSSR count). The SMILES string of the molecule is O=C(c1ccccc1N1CCOCC1)N1CCCCCC1c1ccco1. The number of anilines is 1. The molecule has 1 atom stereocenters. The lowest BCUT2D eigenvalue weighted by molar-refractivity contribution is 0.0658. The molecule has 5 nitrogen and oxygen atoms in total. The first-order valence-corrected chi connectivity index (χ1v) is 9.61. The zero-order valence-electron chi connectivity index (χ0n) is 15.1. The summed E-state index contributed by atoms with van der Waals surface area (Å²) < 4.78 is 11.1. The number of likely N-dealkylation sites (tertiary alicyclic amines) is 1. The van der Waals surface area contributed by atoms with E-state index in [-0.39, 0.29) is 11.9 Å². The van der Waals surface area contributed by atoms with Crippen LogP contribution in [0.3, 0.4) is 0 Å². The van der Waals surface area contributed by atoms with Crippen molar-refractivity contribution in [1.82, 2.24) is 4.90 Å². The number of furan rings is 1. The zero-order valence-corrected chi connectivity index (χ0v) is 15.1. The van der Waals surface area contributed by atoms with E-state index in [1.165, 1.54) is 0 Å². The summed E-state index contributed by atoms with van der Waals surface area (Å²) in [5.41, 5.74) is 1.80. The van der Waals surface area contributed by atoms with Crippen LogP contribution in [0.25, 0.3) is 0 Å². The van der Waals surface area contributed by atoms with Crippen molar-refractivity contribution in [2.24, 2.45) is 0 Å². The molecule has 2 aromatic rings. The molecule has 0 spiro atoms. The minimum Gasteiger partial charge on any atom is -0.467 e. The van der Waals surface area contributed by atoms with E-state index in [0.717, 1.165) is 62.3 Å². The van der Waals surface area contributed by atoms with Gasteiger partial charge in [-0.05, 0) is 37.1 Å². The van der Waals surface area contributed by atoms with Gasteiger partial charge in [0, 0.05) is 25.3 Å². The highest BCUT2D eigenvalue weighted by Gasteiger charge is 2.31. The van der Waals surface area contributed by atoms with Crippen molar-refractivity contribution in [1.29, 1.82) is 0 Å². The van der Waals surface area contributed by atoms with Crippen LogP contribution < -0.4 is 4.90 Å². The second-order valence-electron chi connectivity index (χ2n) is 7.00. The fraction of sp³-hybridized carbons (Fsp3) is 0.476. The van der Waals surface area contributed by atoms with Crippen LogP contribution in [-0.4, -0.2) is 43.7 Å². The van der Waals surface area contributed by atoms with Crippen molar-refractivity contribution in [2.45, 2.75) is 31.7 Å². The smallest absolute Gasteiger partial charge is 0.256 e. The van der Waals surface area contributed by atoms with E-state index < -0.39 is 0 Å². The zero-order chi connectivity index (χ0) is 17.8. The number of morpholine rings is 1. The number of rotatable bonds is 3. The Morgan fingerprint density at radius 1 is 0.962 bits per heavy atom. The Kier molecular flexibility index (Phi) is 5.25. The van der Waals surface area contributed by atoms with Crippen LogP contribution in [0.1, 0.15) is 47.8 Å². The number of amides is 1. The summed E-state index contributed by atoms with van der Waals surface area (Å²) in [6, 6.07) is 11.9. The number of hydrogen-bond acceptors (Lipinski definition) is 4. The topological polar surface area (TPSA) is 45.9 Å². The van der Waals surface area contributed by atoms with Crippen molar-refractivity contribution in [2.75, 3.05) is 37.7 Å². The summed E-state index contributed by atoms with van der Waals surface area (Å²) in [4.78, 5) is 17.8. The second kappa shape index (κ2) is 7.96. The van der Waals surface area contributed by atoms with E-state index in [4.69, 9.17) is 9.15 Å². The first-order chi connectivity index (χ1) is 12.8. The van der Waals surface area contributed by atoms with Gasteiger partial charge in [0.2, 0.25) is 0 Å². The molecule has 1 amide bonds. The molecule has 2 aliphatic rings. The standard InChI is InChI=1S/C21H26N2O3/c24-21(17-7-3-4-8-18(17)22-12-15-25-16-13-22)23-11-5-1-2-9-19(23)20-10-6-14-26-20/h3-4,6-8,10,14,19H,1-2,5,9,11-13,15-16H2. The molecule has 0 saturated carbocycles. The average molecular weight is 354 g/mol. The minimum atomic E-state index is 0.0257. The fourth-order valence-electron chi connectivity index (χ4n) is 4.02. The van der Waals surface area contributed by atoms with Gasteiger partial charge >= 0.3 is 0 Å². The number of benzene rings is 1. The molecule has 2 aliphatic heterocycles. The Morgan fingerprint density at radius 3 is 2.62 bits per heavy atom. The van der Waals surface area contributed by atoms with Gasteiger partial charge in [0.15, 0.2) is 0 Å². The van der Waals surface area contributed by atoms with Gasteiger partial charge in [0.1, 0.15) is 5.76 Å². The Bertz CT molecular complexity index is 723. The molecule has 2 saturated heterocycles. The van der Waals surface area contributed by atoms with Gasteiger partial charge in [0.05, 0.1) is 31.1 Å². The Morgan fingerprint density at radius 2 is 1.81 bits per heavy atom. The average Bonchev–Trinajstić information content (AvgIpc) is 3.12. The third-order valence-electron chi connectivity index (χ3n) is 5.37. The number of para-hydroxylation sites is 1. The van der Waals surface area contributed by atoms with Crippen molar-refractivity contribution in [3.05, 3.63) is 54.0 Å². The largest absolute Gasteiger partial charge is 0.467 e. The van der Waals surface area contributed by atoms with Crippen molar-refractivity contribution in [3.8, 4) is 0 Å². The van der Waals surface area contributed by atoms with Crippen LogP contribution in [0.5, 0.6) is 0 Å². The first-order valence-electron chi connectivity index (χ1n) is 9.61. The molecule has 0 N–H and O–H groups in total. The summed E-state index contributed by atoms with van der Waals surface area (Å²) in [6.45, 7) is 3.85. The fourth-order valence-corrected chi connectivity index (χ4v) is 4.02. The summed E-state index contributed by atoms with van der Waals surface area (Å²) in [6.07, 6.45) is 5.98. The van der Waals surface area contributed by atoms with Crippen LogP contribution >= 0.6 is 0 Å². The summed E-state index contributed by atoms with van der Waals surface area (Å²) in [5.74, 6) is 1.000. The van der Waals surface area contributed by atoms with E-state index in [1.807, 2.05) is 35.2 Å². The van der Waals surface area contributed by atoms with Crippen molar-refractivity contribution < 1.29 is 13.9 Å². The second-order valence-corrected chi connectivity index (χ2v) is 7.00. The van der Waals surface area contributed by atoms with Crippen LogP contribution in [0.2, 0.25) is 0 Å². The van der Waals surface area contributed by atoms with Crippen LogP contribution in [-0.2, 0) is 4.74 Å². The predicted molar refractivity (Wildman–Crippen MR) is 100 cm³/mol. The quantitative estimate of drug-likeness (QED) is 0.839. The molecule has 0 bridgehead atoms. The maximum absolute atomic E-state index is 13.5. The van der Waals surface area contributed by atoms with E-state index in [2.05, 4.69) is 11.0 Å². The van der Waals surface area contributed by atoms with E-state index in [9.17, 15) is 4.79 Å². The number of ether oxygens (including phenoxy) is 1. The van der Waals surface area contributed by atoms with Crippen LogP contribution in [0.15, 0.2) is 47.1 Å². The molecule has 2 fully saturated rings. The molecule has 1 aromatic carbocycles. The molecule has 0 aliphatic carbocycles. The molecule has 138 valence electrons. The lowest BCUT2D eigenvalue weighted by atomic mass is 10.0. The van der Waals surface area contributed by atoms with Gasteiger partial charge in [0.25, 0.3) is 5.91 Å². The molecule has 26 heavy (non-hydrogen) atoms. The normalized spacial score (nSPS) is 21.5. The molecular weight excluding hydrogens is 328 g/mol. The van der Waals surface area contributed by atoms with E-state index in [0.29, 0.717) is 13.2 Å². The van der Waals surface area contributed by atoms with Gasteiger partial charge < -0.3 is 19.0 Å². The van der Waals surface area contributed by atoms with Crippen LogP contribution in [0, 0.1) is 0 Å². The molecule has 5 heteroatoms. The maximum Gasteiger partial charge on any atom is 0.256 e. The van der Waals surface area contributed by atoms with Gasteiger partial charge in [-0.1, -0.05) is 25.0 Å². The number of carbonyl (C=O) groups excluding carboxylic acids is 1. The highest BCUT2D eigenvalue weighted by molar-refractivity contribution is 6.00. The molecular formula is C21H26N2O3. The van der Waals surface area contributed by atoms with Gasteiger partial charge in [-0.2, -0.15) is 0 Å². The number of hydrogen-bond donors (Lipinski definition) is 0. The molecule has 3 heterocycles. The minimum absolute atomic E-state index is 0.0257. The number of carbonyl (C=O) groups is 1. The van der Waals surface area contributed by atoms with E-state index >= 15 is 0 Å². The third kappa shape index (κ3) is 3.49. The van der Waals surface area contributed by atoms with Crippen LogP contribution in [0.4, 0.5) is 5.69 Å². The van der Waals surface area contributed by atoms with Gasteiger partial charge in [-0.15, -0.1) is 0 Å². The molecule has 1 aromatic heterocycles. The highest BCUT2D eigenvalue weighted by Crippen LogP contribution is 2.33. The highest BCUT2D eigenvalue weighted by atomic mass is 16.5. The first kappa shape index (κ1) is 17.2. The monoisotopic (exact) mass is 354 g/mol. The lowest BCUT2D eigenvalue weighted by Gasteiger charge is -2.33. The van der Waals surface area contributed by atoms with Crippen molar-refractivity contribution >= 4 is 11.6 Å². The predicted octanol–water partition coefficient (Wildman–Crippen LogP) is 3.87. The molecule has 0 radical (unpaired) electrons. The number of nitrogens with zero attached hydrogens (tertiary/aromatic N) is 2.